The van der Waals surface area contributed by atoms with Crippen molar-refractivity contribution in [2.24, 2.45) is 10.7 Å². The van der Waals surface area contributed by atoms with Gasteiger partial charge in [-0.1, -0.05) is 15.9 Å². The van der Waals surface area contributed by atoms with Crippen molar-refractivity contribution in [3.8, 4) is 5.75 Å². The SMILES string of the molecule is CCOC(=O)C(N)=CC=Nc1ccc(Br)cc1C(O)C(=O)c1ccc(OC(F)(F)F)cc1. The molecule has 0 spiro atoms. The van der Waals surface area contributed by atoms with Gasteiger partial charge < -0.3 is 20.3 Å². The molecule has 7 nitrogen and oxygen atoms in total. The number of nitrogens with zero attached hydrogens (tertiary/aromatic N) is 1. The monoisotopic (exact) mass is 514 g/mol. The number of allylic oxidation sites excluding steroid dienone is 1. The molecule has 0 aliphatic heterocycles. The maximum absolute atomic E-state index is 12.7. The highest BCUT2D eigenvalue weighted by Crippen LogP contribution is 2.31. The van der Waals surface area contributed by atoms with Crippen LogP contribution in [0.5, 0.6) is 5.75 Å². The van der Waals surface area contributed by atoms with E-state index in [1.54, 1.807) is 13.0 Å². The highest BCUT2D eigenvalue weighted by Gasteiger charge is 2.31. The zero-order valence-electron chi connectivity index (χ0n) is 16.6. The first-order valence-corrected chi connectivity index (χ1v) is 9.85. The molecule has 2 aromatic rings. The van der Waals surface area contributed by atoms with E-state index < -0.39 is 30.0 Å². The Kier molecular flexibility index (Phi) is 8.56. The molecule has 170 valence electrons. The smallest absolute Gasteiger partial charge is 0.461 e. The Hall–Kier alpha value is -3.18. The van der Waals surface area contributed by atoms with Crippen LogP contribution in [0.1, 0.15) is 28.9 Å². The molecule has 0 saturated carbocycles. The molecule has 0 radical (unpaired) electrons. The highest BCUT2D eigenvalue weighted by atomic mass is 79.9. The van der Waals surface area contributed by atoms with Gasteiger partial charge in [0.2, 0.25) is 0 Å². The number of nitrogens with two attached hydrogens (primary N) is 1. The minimum atomic E-state index is -4.86. The number of halogens is 4. The number of Topliss-reactive ketones (excluding diaryl/α,β-unsaturated/α-hetero) is 1. The maximum atomic E-state index is 12.7. The lowest BCUT2D eigenvalue weighted by Crippen LogP contribution is -2.17. The molecular formula is C21H18BrF3N2O5. The Balaban J connectivity index is 2.26. The number of hydrogen-bond acceptors (Lipinski definition) is 7. The van der Waals surface area contributed by atoms with Crippen molar-refractivity contribution in [2.75, 3.05) is 6.61 Å². The van der Waals surface area contributed by atoms with Gasteiger partial charge in [0.15, 0.2) is 5.78 Å². The lowest BCUT2D eigenvalue weighted by atomic mass is 9.98. The van der Waals surface area contributed by atoms with E-state index in [0.29, 0.717) is 4.47 Å². The summed E-state index contributed by atoms with van der Waals surface area (Å²) in [5.74, 6) is -1.98. The number of rotatable bonds is 8. The van der Waals surface area contributed by atoms with Crippen LogP contribution >= 0.6 is 15.9 Å². The summed E-state index contributed by atoms with van der Waals surface area (Å²) in [6.07, 6.45) is -4.11. The van der Waals surface area contributed by atoms with Crippen LogP contribution in [-0.2, 0) is 9.53 Å². The first-order valence-electron chi connectivity index (χ1n) is 9.06. The Morgan fingerprint density at radius 2 is 1.88 bits per heavy atom. The number of alkyl halides is 3. The van der Waals surface area contributed by atoms with Gasteiger partial charge in [-0.15, -0.1) is 13.2 Å². The van der Waals surface area contributed by atoms with E-state index in [9.17, 15) is 27.9 Å². The van der Waals surface area contributed by atoms with Gasteiger partial charge in [0.25, 0.3) is 0 Å². The third-order valence-electron chi connectivity index (χ3n) is 3.88. The molecule has 1 atom stereocenters. The number of aliphatic hydroxyl groups excluding tert-OH is 1. The summed E-state index contributed by atoms with van der Waals surface area (Å²) in [6.45, 7) is 1.78. The van der Waals surface area contributed by atoms with Gasteiger partial charge in [-0.25, -0.2) is 4.79 Å². The summed E-state index contributed by atoms with van der Waals surface area (Å²) in [6, 6.07) is 8.75. The van der Waals surface area contributed by atoms with Crippen molar-refractivity contribution >= 4 is 39.6 Å². The molecule has 0 fully saturated rings. The fraction of sp³-hybridized carbons (Fsp3) is 0.190. The van der Waals surface area contributed by atoms with Gasteiger partial charge in [0.05, 0.1) is 12.3 Å². The van der Waals surface area contributed by atoms with Crippen molar-refractivity contribution in [2.45, 2.75) is 19.4 Å². The molecule has 0 aromatic heterocycles. The van der Waals surface area contributed by atoms with Crippen molar-refractivity contribution in [1.82, 2.24) is 0 Å². The number of ether oxygens (including phenoxy) is 2. The van der Waals surface area contributed by atoms with Crippen molar-refractivity contribution < 1.29 is 37.3 Å². The molecule has 0 aliphatic carbocycles. The van der Waals surface area contributed by atoms with E-state index in [4.69, 9.17) is 10.5 Å². The number of ketones is 1. The van der Waals surface area contributed by atoms with Crippen molar-refractivity contribution in [1.29, 1.82) is 0 Å². The van der Waals surface area contributed by atoms with Gasteiger partial charge in [0.1, 0.15) is 17.6 Å². The maximum Gasteiger partial charge on any atom is 0.573 e. The Morgan fingerprint density at radius 3 is 2.47 bits per heavy atom. The van der Waals surface area contributed by atoms with Gasteiger partial charge in [0, 0.05) is 21.8 Å². The molecule has 0 aliphatic rings. The van der Waals surface area contributed by atoms with Gasteiger partial charge >= 0.3 is 12.3 Å². The summed E-state index contributed by atoms with van der Waals surface area (Å²) in [5.41, 5.74) is 5.68. The minimum absolute atomic E-state index is 0.0339. The molecular weight excluding hydrogens is 497 g/mol. The largest absolute Gasteiger partial charge is 0.573 e. The first-order chi connectivity index (χ1) is 15.0. The van der Waals surface area contributed by atoms with Crippen molar-refractivity contribution in [3.63, 3.8) is 0 Å². The molecule has 32 heavy (non-hydrogen) atoms. The second-order valence-corrected chi connectivity index (χ2v) is 7.08. The zero-order chi connectivity index (χ0) is 23.9. The third-order valence-corrected chi connectivity index (χ3v) is 4.38. The summed E-state index contributed by atoms with van der Waals surface area (Å²) < 4.78 is 45.9. The number of benzene rings is 2. The second kappa shape index (κ2) is 10.9. The molecule has 0 saturated heterocycles. The van der Waals surface area contributed by atoms with E-state index >= 15 is 0 Å². The van der Waals surface area contributed by atoms with Crippen LogP contribution in [0.2, 0.25) is 0 Å². The van der Waals surface area contributed by atoms with E-state index in [2.05, 4.69) is 25.7 Å². The summed E-state index contributed by atoms with van der Waals surface area (Å²) >= 11 is 3.24. The average Bonchev–Trinajstić information content (AvgIpc) is 2.73. The number of carbonyl (C=O) groups excluding carboxylic acids is 2. The lowest BCUT2D eigenvalue weighted by molar-refractivity contribution is -0.274. The van der Waals surface area contributed by atoms with Gasteiger partial charge in [-0.3, -0.25) is 9.79 Å². The molecule has 3 N–H and O–H groups in total. The molecule has 0 heterocycles. The average molecular weight is 515 g/mol. The molecule has 1 unspecified atom stereocenters. The fourth-order valence-corrected chi connectivity index (χ4v) is 2.84. The molecule has 0 amide bonds. The normalized spacial score (nSPS) is 13.1. The molecule has 0 bridgehead atoms. The van der Waals surface area contributed by atoms with Crippen LogP contribution in [0.25, 0.3) is 0 Å². The number of aliphatic hydroxyl groups is 1. The lowest BCUT2D eigenvalue weighted by Gasteiger charge is -2.14. The Bertz CT molecular complexity index is 1040. The van der Waals surface area contributed by atoms with Crippen LogP contribution in [0, 0.1) is 0 Å². The molecule has 2 rings (SSSR count). The summed E-state index contributed by atoms with van der Waals surface area (Å²) in [5, 5.41) is 10.6. The topological polar surface area (TPSA) is 111 Å². The van der Waals surface area contributed by atoms with Crippen LogP contribution < -0.4 is 10.5 Å². The van der Waals surface area contributed by atoms with E-state index in [-0.39, 0.29) is 29.1 Å². The fourth-order valence-electron chi connectivity index (χ4n) is 2.46. The van der Waals surface area contributed by atoms with Gasteiger partial charge in [-0.05, 0) is 55.5 Å². The van der Waals surface area contributed by atoms with Crippen LogP contribution in [0.15, 0.2) is 63.7 Å². The van der Waals surface area contributed by atoms with Crippen LogP contribution in [0.3, 0.4) is 0 Å². The zero-order valence-corrected chi connectivity index (χ0v) is 18.2. The Labute approximate surface area is 189 Å². The first kappa shape index (κ1) is 25.1. The van der Waals surface area contributed by atoms with E-state index in [1.807, 2.05) is 0 Å². The number of hydrogen-bond donors (Lipinski definition) is 2. The quantitative estimate of drug-likeness (QED) is 0.234. The van der Waals surface area contributed by atoms with E-state index in [1.165, 1.54) is 24.4 Å². The Morgan fingerprint density at radius 1 is 1.22 bits per heavy atom. The van der Waals surface area contributed by atoms with Gasteiger partial charge in [-0.2, -0.15) is 0 Å². The molecule has 2 aromatic carbocycles. The van der Waals surface area contributed by atoms with Crippen LogP contribution in [0.4, 0.5) is 18.9 Å². The van der Waals surface area contributed by atoms with Crippen LogP contribution in [-0.4, -0.2) is 36.0 Å². The van der Waals surface area contributed by atoms with Crippen molar-refractivity contribution in [3.05, 3.63) is 69.8 Å². The predicted molar refractivity (Wildman–Crippen MR) is 114 cm³/mol. The minimum Gasteiger partial charge on any atom is -0.461 e. The molecule has 11 heteroatoms. The second-order valence-electron chi connectivity index (χ2n) is 6.16. The number of carbonyl (C=O) groups is 2. The third kappa shape index (κ3) is 7.20. The standard InChI is InChI=1S/C21H18BrF3N2O5/c1-2-31-20(30)16(26)9-10-27-17-8-5-13(22)11-15(17)19(29)18(28)12-3-6-14(7-4-12)32-21(23,24)25/h3-11,19,29H,2,26H2,1H3. The summed E-state index contributed by atoms with van der Waals surface area (Å²) in [4.78, 5) is 28.3. The predicted octanol–water partition coefficient (Wildman–Crippen LogP) is 4.37. The van der Waals surface area contributed by atoms with E-state index in [0.717, 1.165) is 24.3 Å². The highest BCUT2D eigenvalue weighted by molar-refractivity contribution is 9.10. The number of esters is 1. The summed E-state index contributed by atoms with van der Waals surface area (Å²) in [7, 11) is 0. The number of aliphatic imine (C=N–C) groups is 1.